The van der Waals surface area contributed by atoms with Crippen molar-refractivity contribution in [3.63, 3.8) is 0 Å². The number of rotatable bonds is 6. The molecule has 2 bridgehead atoms. The fraction of sp³-hybridized carbons (Fsp3) is 0.655. The number of methoxy groups -OCH3 is 1. The predicted molar refractivity (Wildman–Crippen MR) is 265 cm³/mol. The number of hydrogen-bond acceptors (Lipinski definition) is 13. The fourth-order valence-corrected chi connectivity index (χ4v) is 10.5. The highest BCUT2D eigenvalue weighted by Crippen LogP contribution is 2.38. The van der Waals surface area contributed by atoms with E-state index < -0.39 is 65.9 Å². The maximum Gasteiger partial charge on any atom is 0.329 e. The topological polar surface area (TPSA) is 222 Å². The average molecular weight is 957 g/mol. The van der Waals surface area contributed by atoms with Gasteiger partial charge in [0.15, 0.2) is 0 Å². The van der Waals surface area contributed by atoms with Gasteiger partial charge in [0, 0.05) is 49.7 Å². The normalized spacial score (nSPS) is 37.4. The zero-order chi connectivity index (χ0) is 50.4. The van der Waals surface area contributed by atoms with Crippen LogP contribution in [-0.4, -0.2) is 112 Å². The number of nitriles is 1. The molecule has 3 fully saturated rings. The summed E-state index contributed by atoms with van der Waals surface area (Å²) in [6.07, 6.45) is 15.3. The van der Waals surface area contributed by atoms with Gasteiger partial charge in [0.05, 0.1) is 36.0 Å². The first-order valence-corrected chi connectivity index (χ1v) is 25.4. The van der Waals surface area contributed by atoms with E-state index in [1.54, 1.807) is 39.2 Å². The van der Waals surface area contributed by atoms with Gasteiger partial charge in [-0.25, -0.2) is 4.79 Å². The third-order valence-corrected chi connectivity index (χ3v) is 15.1. The van der Waals surface area contributed by atoms with Crippen LogP contribution < -0.4 is 11.1 Å². The molecule has 5 rings (SSSR count). The van der Waals surface area contributed by atoms with Gasteiger partial charge >= 0.3 is 5.97 Å². The van der Waals surface area contributed by atoms with Crippen LogP contribution in [-0.2, 0) is 33.4 Å². The second-order valence-electron chi connectivity index (χ2n) is 20.7. The average Bonchev–Trinajstić information content (AvgIpc) is 3.33. The van der Waals surface area contributed by atoms with Gasteiger partial charge in [0.25, 0.3) is 11.7 Å². The molecule has 0 spiro atoms. The number of nitrogens with two attached hydrogens (primary N) is 1. The Morgan fingerprint density at radius 1 is 0.928 bits per heavy atom. The number of carbonyl (C=O) groups excluding carboxylic acids is 4. The van der Waals surface area contributed by atoms with E-state index in [1.807, 2.05) is 70.2 Å². The number of cyclic esters (lactones) is 1. The molecule has 9 unspecified atom stereocenters. The monoisotopic (exact) mass is 957 g/mol. The Labute approximate surface area is 410 Å². The quantitative estimate of drug-likeness (QED) is 0.107. The highest BCUT2D eigenvalue weighted by atomic mass is 16.6. The molecule has 0 radical (unpaired) electrons. The summed E-state index contributed by atoms with van der Waals surface area (Å²) < 4.78 is 18.3. The number of carbonyl (C=O) groups is 4. The predicted octanol–water partition coefficient (Wildman–Crippen LogP) is 7.41. The van der Waals surface area contributed by atoms with Crippen LogP contribution in [0.15, 0.2) is 71.9 Å². The smallest absolute Gasteiger partial charge is 0.329 e. The molecule has 1 saturated carbocycles. The summed E-state index contributed by atoms with van der Waals surface area (Å²) in [5, 5.41) is 46.7. The Morgan fingerprint density at radius 3 is 2.38 bits per heavy atom. The van der Waals surface area contributed by atoms with E-state index in [4.69, 9.17) is 19.9 Å². The molecule has 2 saturated heterocycles. The van der Waals surface area contributed by atoms with Crippen LogP contribution in [0, 0.1) is 40.9 Å². The number of ketones is 2. The third kappa shape index (κ3) is 15.5. The van der Waals surface area contributed by atoms with E-state index in [1.165, 1.54) is 4.90 Å². The minimum absolute atomic E-state index is 0.0363. The number of Topliss-reactive ketones (excluding diaryl/α,β-unsaturated/α-hetero) is 2. The van der Waals surface area contributed by atoms with Gasteiger partial charge < -0.3 is 45.5 Å². The van der Waals surface area contributed by atoms with Crippen molar-refractivity contribution in [2.75, 3.05) is 19.0 Å². The highest BCUT2D eigenvalue weighted by molar-refractivity contribution is 6.39. The number of nitrogens with zero attached hydrogens (tertiary/aromatic N) is 2. The van der Waals surface area contributed by atoms with E-state index in [-0.39, 0.29) is 61.0 Å². The molecule has 14 nitrogen and oxygen atoms in total. The first-order chi connectivity index (χ1) is 32.8. The molecule has 3 aliphatic heterocycles. The maximum atomic E-state index is 14.4. The SMILES string of the molecule is COC1CC(C[C@@H](C)[C@@H]2CC[C@H](N)/C=C(\C)C(O)CC(=O)C(C)C[C@H](C)/C=C/C=C/C=C(\C)C(Nc3ccc(C#N)cc3)CC3CCC(C)C(O)(O3)C(=O)C(=O)N3CCCCC3C(=O)O2)CC[C@H]1O. The van der Waals surface area contributed by atoms with Crippen LogP contribution in [0.2, 0.25) is 0 Å². The Morgan fingerprint density at radius 2 is 1.67 bits per heavy atom. The van der Waals surface area contributed by atoms with Crippen molar-refractivity contribution in [3.8, 4) is 6.07 Å². The maximum absolute atomic E-state index is 14.4. The summed E-state index contributed by atoms with van der Waals surface area (Å²) in [5.74, 6) is -6.07. The molecule has 0 aromatic heterocycles. The van der Waals surface area contributed by atoms with Crippen molar-refractivity contribution in [2.24, 2.45) is 35.3 Å². The molecule has 1 aliphatic carbocycles. The lowest BCUT2D eigenvalue weighted by molar-refractivity contribution is -0.263. The minimum Gasteiger partial charge on any atom is -0.461 e. The molecule has 14 atom stereocenters. The molecule has 4 aliphatic rings. The molecule has 380 valence electrons. The summed E-state index contributed by atoms with van der Waals surface area (Å²) in [7, 11) is 1.60. The van der Waals surface area contributed by atoms with Gasteiger partial charge in [-0.2, -0.15) is 5.26 Å². The van der Waals surface area contributed by atoms with Crippen LogP contribution in [0.25, 0.3) is 0 Å². The Bertz CT molecular complexity index is 2060. The number of piperidine rings is 1. The van der Waals surface area contributed by atoms with Crippen LogP contribution in [0.4, 0.5) is 5.69 Å². The zero-order valence-corrected chi connectivity index (χ0v) is 42.1. The van der Waals surface area contributed by atoms with Crippen molar-refractivity contribution in [3.05, 3.63) is 77.4 Å². The van der Waals surface area contributed by atoms with E-state index in [0.717, 1.165) is 17.7 Å². The molecule has 1 aromatic carbocycles. The van der Waals surface area contributed by atoms with Gasteiger partial charge in [0.2, 0.25) is 5.79 Å². The first-order valence-electron chi connectivity index (χ1n) is 25.4. The number of nitrogens with one attached hydrogen (secondary N) is 1. The molecule has 1 aromatic rings. The van der Waals surface area contributed by atoms with E-state index in [9.17, 15) is 39.8 Å². The van der Waals surface area contributed by atoms with Gasteiger partial charge in [-0.05, 0) is 145 Å². The van der Waals surface area contributed by atoms with Crippen molar-refractivity contribution < 1.29 is 48.7 Å². The van der Waals surface area contributed by atoms with Gasteiger partial charge in [-0.15, -0.1) is 0 Å². The largest absolute Gasteiger partial charge is 0.461 e. The number of benzene rings is 1. The van der Waals surface area contributed by atoms with E-state index in [2.05, 4.69) is 11.4 Å². The number of amides is 1. The Hall–Kier alpha value is -4.49. The summed E-state index contributed by atoms with van der Waals surface area (Å²) >= 11 is 0. The Balaban J connectivity index is 1.45. The lowest BCUT2D eigenvalue weighted by atomic mass is 9.78. The number of anilines is 1. The summed E-state index contributed by atoms with van der Waals surface area (Å²) in [6.45, 7) is 11.5. The first kappa shape index (κ1) is 55.4. The van der Waals surface area contributed by atoms with E-state index >= 15 is 0 Å². The van der Waals surface area contributed by atoms with Crippen molar-refractivity contribution in [1.29, 1.82) is 5.26 Å². The lowest BCUT2D eigenvalue weighted by Crippen LogP contribution is -2.61. The fourth-order valence-electron chi connectivity index (χ4n) is 10.5. The summed E-state index contributed by atoms with van der Waals surface area (Å²) in [4.78, 5) is 57.8. The molecule has 14 heteroatoms. The second-order valence-corrected chi connectivity index (χ2v) is 20.7. The van der Waals surface area contributed by atoms with Crippen molar-refractivity contribution in [2.45, 2.75) is 186 Å². The van der Waals surface area contributed by atoms with Gasteiger partial charge in [0.1, 0.15) is 17.9 Å². The van der Waals surface area contributed by atoms with Crippen LogP contribution >= 0.6 is 0 Å². The van der Waals surface area contributed by atoms with Crippen LogP contribution in [0.3, 0.4) is 0 Å². The number of allylic oxidation sites excluding steroid dienone is 5. The number of esters is 1. The van der Waals surface area contributed by atoms with Gasteiger partial charge in [-0.3, -0.25) is 14.4 Å². The molecule has 69 heavy (non-hydrogen) atoms. The standard InChI is InChI=1S/C55H80N4O10/c1-34-13-9-8-10-14-35(2)45(58-43-21-17-40(33-56)18-22-43)31-44-23-16-39(6)55(66,69-44)52(63)53(64)59-26-12-11-15-46(59)54(65)68-50(38(5)28-41-19-24-47(60)51(30-41)67-7)25-20-42(57)29-37(4)49(62)32-48(61)36(3)27-34/h8-10,13-14,17-18,21-22,29,34,36,38-39,41-42,44-47,49-51,58,60,62,66H,11-12,15-16,19-20,23-28,30-32,57H2,1-7H3/b10-8+,13-9+,35-14+,37-29+/t34-,36?,38-,39?,41?,42+,44?,45?,46?,47-,49?,50+,51?,55?/m1/s1. The zero-order valence-electron chi connectivity index (χ0n) is 42.1. The van der Waals surface area contributed by atoms with Crippen molar-refractivity contribution >= 4 is 29.1 Å². The third-order valence-electron chi connectivity index (χ3n) is 15.1. The summed E-state index contributed by atoms with van der Waals surface area (Å²) in [6, 6.07) is 7.29. The van der Waals surface area contributed by atoms with Crippen molar-refractivity contribution in [1.82, 2.24) is 4.90 Å². The molecule has 6 N–H and O–H groups in total. The number of fused-ring (bicyclic) bond motifs is 3. The highest BCUT2D eigenvalue weighted by Gasteiger charge is 2.53. The molecular weight excluding hydrogens is 877 g/mol. The number of hydrogen-bond donors (Lipinski definition) is 5. The second kappa shape index (κ2) is 26.1. The lowest BCUT2D eigenvalue weighted by Gasteiger charge is -2.43. The molecule has 3 heterocycles. The summed E-state index contributed by atoms with van der Waals surface area (Å²) in [5.41, 5.74) is 9.44. The minimum atomic E-state index is -2.44. The van der Waals surface area contributed by atoms with Crippen LogP contribution in [0.1, 0.15) is 137 Å². The molecule has 1 amide bonds. The van der Waals surface area contributed by atoms with Crippen LogP contribution in [0.5, 0.6) is 0 Å². The molecular formula is C55H80N4O10. The Kier molecular flexibility index (Phi) is 21.0. The number of aliphatic hydroxyl groups excluding tert-OH is 2. The van der Waals surface area contributed by atoms with Gasteiger partial charge in [-0.1, -0.05) is 69.7 Å². The number of ether oxygens (including phenoxy) is 3. The van der Waals surface area contributed by atoms with E-state index in [0.29, 0.717) is 81.8 Å². The number of aliphatic hydroxyl groups is 3.